The monoisotopic (exact) mass is 275 g/mol. The molecule has 0 atom stereocenters. The van der Waals surface area contributed by atoms with E-state index in [4.69, 9.17) is 4.74 Å². The van der Waals surface area contributed by atoms with E-state index >= 15 is 0 Å². The van der Waals surface area contributed by atoms with Gasteiger partial charge in [-0.1, -0.05) is 48.5 Å². The average Bonchev–Trinajstić information content (AvgIpc) is 2.56. The summed E-state index contributed by atoms with van der Waals surface area (Å²) in [4.78, 5) is 0. The summed E-state index contributed by atoms with van der Waals surface area (Å²) >= 11 is 0. The van der Waals surface area contributed by atoms with Crippen molar-refractivity contribution in [3.63, 3.8) is 0 Å². The molecule has 3 rings (SSSR count). The van der Waals surface area contributed by atoms with Gasteiger partial charge in [0.1, 0.15) is 11.5 Å². The molecule has 3 aromatic carbocycles. The highest BCUT2D eigenvalue weighted by atomic mass is 16.5. The topological polar surface area (TPSA) is 21.3 Å². The van der Waals surface area contributed by atoms with E-state index in [1.807, 2.05) is 72.8 Å². The fourth-order valence-corrected chi connectivity index (χ4v) is 2.07. The second-order valence-electron chi connectivity index (χ2n) is 4.78. The van der Waals surface area contributed by atoms with E-state index in [0.29, 0.717) is 0 Å². The molecule has 21 heavy (non-hydrogen) atoms. The molecule has 2 nitrogen and oxygen atoms in total. The van der Waals surface area contributed by atoms with Gasteiger partial charge in [-0.05, 0) is 42.0 Å². The Morgan fingerprint density at radius 1 is 0.619 bits per heavy atom. The first-order chi connectivity index (χ1) is 10.4. The Labute approximate surface area is 125 Å². The predicted molar refractivity (Wildman–Crippen MR) is 86.7 cm³/mol. The van der Waals surface area contributed by atoms with Crippen LogP contribution in [0.15, 0.2) is 84.9 Å². The van der Waals surface area contributed by atoms with Crippen molar-refractivity contribution in [1.82, 2.24) is 0 Å². The third kappa shape index (κ3) is 3.86. The Morgan fingerprint density at radius 2 is 1.19 bits per heavy atom. The number of benzene rings is 3. The van der Waals surface area contributed by atoms with Crippen molar-refractivity contribution in [2.45, 2.75) is 6.54 Å². The normalized spacial score (nSPS) is 10.1. The summed E-state index contributed by atoms with van der Waals surface area (Å²) in [7, 11) is 0. The second-order valence-corrected chi connectivity index (χ2v) is 4.78. The van der Waals surface area contributed by atoms with Crippen molar-refractivity contribution in [2.24, 2.45) is 0 Å². The van der Waals surface area contributed by atoms with Crippen LogP contribution >= 0.6 is 0 Å². The predicted octanol–water partition coefficient (Wildman–Crippen LogP) is 5.09. The SMILES string of the molecule is c1ccc(CNc2ccc(Oc3ccccc3)cc2)cc1. The van der Waals surface area contributed by atoms with E-state index in [2.05, 4.69) is 17.4 Å². The fraction of sp³-hybridized carbons (Fsp3) is 0.0526. The maximum absolute atomic E-state index is 5.77. The molecule has 0 amide bonds. The van der Waals surface area contributed by atoms with Gasteiger partial charge in [-0.25, -0.2) is 0 Å². The van der Waals surface area contributed by atoms with Crippen LogP contribution in [-0.2, 0) is 6.54 Å². The lowest BCUT2D eigenvalue weighted by Crippen LogP contribution is -1.98. The minimum Gasteiger partial charge on any atom is -0.457 e. The molecule has 0 heterocycles. The second kappa shape index (κ2) is 6.62. The maximum Gasteiger partial charge on any atom is 0.127 e. The summed E-state index contributed by atoms with van der Waals surface area (Å²) in [6.07, 6.45) is 0. The Bertz CT molecular complexity index is 663. The van der Waals surface area contributed by atoms with Crippen LogP contribution in [0.4, 0.5) is 5.69 Å². The van der Waals surface area contributed by atoms with Gasteiger partial charge in [-0.3, -0.25) is 0 Å². The van der Waals surface area contributed by atoms with Crippen LogP contribution in [0.1, 0.15) is 5.56 Å². The average molecular weight is 275 g/mol. The molecule has 0 saturated heterocycles. The van der Waals surface area contributed by atoms with E-state index in [1.165, 1.54) is 5.56 Å². The largest absolute Gasteiger partial charge is 0.457 e. The molecular weight excluding hydrogens is 258 g/mol. The van der Waals surface area contributed by atoms with Crippen molar-refractivity contribution >= 4 is 5.69 Å². The number of anilines is 1. The molecule has 0 bridgehead atoms. The molecule has 0 unspecified atom stereocenters. The van der Waals surface area contributed by atoms with E-state index in [1.54, 1.807) is 0 Å². The molecule has 0 spiro atoms. The molecule has 3 aromatic rings. The Kier molecular flexibility index (Phi) is 4.18. The summed E-state index contributed by atoms with van der Waals surface area (Å²) < 4.78 is 5.77. The van der Waals surface area contributed by atoms with Gasteiger partial charge in [0.25, 0.3) is 0 Å². The summed E-state index contributed by atoms with van der Waals surface area (Å²) in [5.74, 6) is 1.69. The van der Waals surface area contributed by atoms with Gasteiger partial charge in [-0.2, -0.15) is 0 Å². The highest BCUT2D eigenvalue weighted by molar-refractivity contribution is 5.47. The molecule has 0 aromatic heterocycles. The van der Waals surface area contributed by atoms with E-state index in [-0.39, 0.29) is 0 Å². The van der Waals surface area contributed by atoms with Gasteiger partial charge < -0.3 is 10.1 Å². The Hall–Kier alpha value is -2.74. The highest BCUT2D eigenvalue weighted by Gasteiger charge is 1.97. The molecule has 1 N–H and O–H groups in total. The lowest BCUT2D eigenvalue weighted by molar-refractivity contribution is 0.483. The summed E-state index contributed by atoms with van der Waals surface area (Å²) in [5.41, 5.74) is 2.35. The molecule has 0 radical (unpaired) electrons. The van der Waals surface area contributed by atoms with Gasteiger partial charge in [0, 0.05) is 12.2 Å². The zero-order chi connectivity index (χ0) is 14.3. The first-order valence-electron chi connectivity index (χ1n) is 7.01. The fourth-order valence-electron chi connectivity index (χ4n) is 2.07. The molecule has 0 saturated carbocycles. The molecular formula is C19H17NO. The summed E-state index contributed by atoms with van der Waals surface area (Å²) in [6, 6.07) is 28.1. The molecule has 0 aliphatic rings. The van der Waals surface area contributed by atoms with Crippen molar-refractivity contribution in [3.05, 3.63) is 90.5 Å². The standard InChI is InChI=1S/C19H17NO/c1-3-7-16(8-4-1)15-20-17-11-13-19(14-12-17)21-18-9-5-2-6-10-18/h1-14,20H,15H2. The number of hydrogen-bond acceptors (Lipinski definition) is 2. The highest BCUT2D eigenvalue weighted by Crippen LogP contribution is 2.22. The number of ether oxygens (including phenoxy) is 1. The van der Waals surface area contributed by atoms with Crippen LogP contribution < -0.4 is 10.1 Å². The molecule has 0 aliphatic heterocycles. The van der Waals surface area contributed by atoms with E-state index in [9.17, 15) is 0 Å². The van der Waals surface area contributed by atoms with E-state index in [0.717, 1.165) is 23.7 Å². The third-order valence-electron chi connectivity index (χ3n) is 3.17. The molecule has 0 aliphatic carbocycles. The van der Waals surface area contributed by atoms with Crippen LogP contribution in [-0.4, -0.2) is 0 Å². The zero-order valence-corrected chi connectivity index (χ0v) is 11.7. The van der Waals surface area contributed by atoms with Crippen LogP contribution in [0.5, 0.6) is 11.5 Å². The van der Waals surface area contributed by atoms with Crippen molar-refractivity contribution in [2.75, 3.05) is 5.32 Å². The summed E-state index contributed by atoms with van der Waals surface area (Å²) in [5, 5.41) is 3.40. The van der Waals surface area contributed by atoms with Gasteiger partial charge >= 0.3 is 0 Å². The van der Waals surface area contributed by atoms with Crippen molar-refractivity contribution in [3.8, 4) is 11.5 Å². The smallest absolute Gasteiger partial charge is 0.127 e. The van der Waals surface area contributed by atoms with Gasteiger partial charge in [-0.15, -0.1) is 0 Å². The molecule has 2 heteroatoms. The molecule has 104 valence electrons. The first kappa shape index (κ1) is 13.3. The van der Waals surface area contributed by atoms with Crippen molar-refractivity contribution < 1.29 is 4.74 Å². The van der Waals surface area contributed by atoms with E-state index < -0.39 is 0 Å². The van der Waals surface area contributed by atoms with Crippen molar-refractivity contribution in [1.29, 1.82) is 0 Å². The Morgan fingerprint density at radius 3 is 1.86 bits per heavy atom. The number of hydrogen-bond donors (Lipinski definition) is 1. The third-order valence-corrected chi connectivity index (χ3v) is 3.17. The van der Waals surface area contributed by atoms with Gasteiger partial charge in [0.05, 0.1) is 0 Å². The zero-order valence-electron chi connectivity index (χ0n) is 11.7. The quantitative estimate of drug-likeness (QED) is 0.700. The lowest BCUT2D eigenvalue weighted by Gasteiger charge is -2.09. The lowest BCUT2D eigenvalue weighted by atomic mass is 10.2. The van der Waals surface area contributed by atoms with Crippen LogP contribution in [0.2, 0.25) is 0 Å². The maximum atomic E-state index is 5.77. The van der Waals surface area contributed by atoms with Crippen LogP contribution in [0.3, 0.4) is 0 Å². The molecule has 0 fully saturated rings. The Balaban J connectivity index is 1.59. The van der Waals surface area contributed by atoms with Crippen LogP contribution in [0, 0.1) is 0 Å². The number of nitrogens with one attached hydrogen (secondary N) is 1. The van der Waals surface area contributed by atoms with Crippen LogP contribution in [0.25, 0.3) is 0 Å². The number of rotatable bonds is 5. The first-order valence-corrected chi connectivity index (χ1v) is 7.01. The summed E-state index contributed by atoms with van der Waals surface area (Å²) in [6.45, 7) is 0.819. The minimum absolute atomic E-state index is 0.819. The number of para-hydroxylation sites is 1. The minimum atomic E-state index is 0.819. The van der Waals surface area contributed by atoms with Gasteiger partial charge in [0.15, 0.2) is 0 Å². The van der Waals surface area contributed by atoms with Gasteiger partial charge in [0.2, 0.25) is 0 Å².